The van der Waals surface area contributed by atoms with Crippen molar-refractivity contribution in [1.82, 2.24) is 5.32 Å². The minimum atomic E-state index is 0.593. The average Bonchev–Trinajstić information content (AvgIpc) is 1.89. The number of nitrogens with one attached hydrogen (secondary N) is 1. The van der Waals surface area contributed by atoms with Gasteiger partial charge in [0.25, 0.3) is 0 Å². The van der Waals surface area contributed by atoms with Crippen LogP contribution in [0.5, 0.6) is 0 Å². The van der Waals surface area contributed by atoms with E-state index in [4.69, 9.17) is 11.5 Å². The molecule has 0 bridgehead atoms. The lowest BCUT2D eigenvalue weighted by Gasteiger charge is -1.95. The second-order valence-corrected chi connectivity index (χ2v) is 1.73. The van der Waals surface area contributed by atoms with Crippen LogP contribution in [0.25, 0.3) is 0 Å². The van der Waals surface area contributed by atoms with Crippen molar-refractivity contribution < 1.29 is 0 Å². The van der Waals surface area contributed by atoms with Crippen LogP contribution in [0.1, 0.15) is 6.42 Å². The van der Waals surface area contributed by atoms with E-state index in [0.29, 0.717) is 6.54 Å². The third-order valence-corrected chi connectivity index (χ3v) is 0.897. The van der Waals surface area contributed by atoms with Gasteiger partial charge in [-0.3, -0.25) is 0 Å². The summed E-state index contributed by atoms with van der Waals surface area (Å²) in [6.45, 7) is 2.27. The van der Waals surface area contributed by atoms with Gasteiger partial charge in [-0.1, -0.05) is 6.08 Å². The van der Waals surface area contributed by atoms with Crippen molar-refractivity contribution >= 4 is 0 Å². The van der Waals surface area contributed by atoms with Gasteiger partial charge in [-0.15, -0.1) is 0 Å². The molecule has 0 unspecified atom stereocenters. The highest BCUT2D eigenvalue weighted by Gasteiger charge is 1.76. The first-order valence-corrected chi connectivity index (χ1v) is 3.20. The van der Waals surface area contributed by atoms with Crippen molar-refractivity contribution in [3.8, 4) is 0 Å². The Bertz CT molecular complexity index is 70.7. The van der Waals surface area contributed by atoms with Crippen molar-refractivity contribution in [2.24, 2.45) is 11.5 Å². The molecule has 0 saturated carbocycles. The van der Waals surface area contributed by atoms with E-state index in [-0.39, 0.29) is 0 Å². The van der Waals surface area contributed by atoms with Crippen LogP contribution in [-0.2, 0) is 0 Å². The lowest BCUT2D eigenvalue weighted by Crippen LogP contribution is -2.12. The van der Waals surface area contributed by atoms with E-state index in [2.05, 4.69) is 5.32 Å². The van der Waals surface area contributed by atoms with Gasteiger partial charge < -0.3 is 16.8 Å². The van der Waals surface area contributed by atoms with E-state index in [9.17, 15) is 0 Å². The Labute approximate surface area is 56.1 Å². The summed E-state index contributed by atoms with van der Waals surface area (Å²) in [6.07, 6.45) is 4.74. The monoisotopic (exact) mass is 129 g/mol. The fourth-order valence-corrected chi connectivity index (χ4v) is 0.439. The molecule has 5 N–H and O–H groups in total. The first kappa shape index (κ1) is 8.46. The molecule has 0 aliphatic carbocycles. The quantitative estimate of drug-likeness (QED) is 0.434. The topological polar surface area (TPSA) is 64.1 Å². The minimum Gasteiger partial charge on any atom is -0.391 e. The van der Waals surface area contributed by atoms with Crippen LogP contribution in [0.2, 0.25) is 0 Å². The number of hydrogen-bond acceptors (Lipinski definition) is 3. The SMILES string of the molecule is NCC=CNCCCN. The molecule has 0 saturated heterocycles. The van der Waals surface area contributed by atoms with E-state index >= 15 is 0 Å². The molecule has 3 heteroatoms. The first-order chi connectivity index (χ1) is 4.41. The molecular formula is C6H15N3. The van der Waals surface area contributed by atoms with Crippen molar-refractivity contribution in [3.63, 3.8) is 0 Å². The number of nitrogens with two attached hydrogens (primary N) is 2. The van der Waals surface area contributed by atoms with Gasteiger partial charge in [0.05, 0.1) is 0 Å². The molecule has 0 fully saturated rings. The van der Waals surface area contributed by atoms with Gasteiger partial charge in [0, 0.05) is 13.1 Å². The van der Waals surface area contributed by atoms with E-state index < -0.39 is 0 Å². The molecule has 0 amide bonds. The van der Waals surface area contributed by atoms with Crippen molar-refractivity contribution in [2.75, 3.05) is 19.6 Å². The summed E-state index contributed by atoms with van der Waals surface area (Å²) in [6, 6.07) is 0. The smallest absolute Gasteiger partial charge is 0.0153 e. The minimum absolute atomic E-state index is 0.593. The van der Waals surface area contributed by atoms with E-state index in [1.165, 1.54) is 0 Å². The molecule has 3 nitrogen and oxygen atoms in total. The van der Waals surface area contributed by atoms with Gasteiger partial charge in [0.2, 0.25) is 0 Å². The Kier molecular flexibility index (Phi) is 7.01. The molecule has 9 heavy (non-hydrogen) atoms. The third-order valence-electron chi connectivity index (χ3n) is 0.897. The van der Waals surface area contributed by atoms with Gasteiger partial charge in [-0.05, 0) is 19.2 Å². The van der Waals surface area contributed by atoms with Crippen LogP contribution in [0, 0.1) is 0 Å². The molecule has 0 atom stereocenters. The van der Waals surface area contributed by atoms with Crippen molar-refractivity contribution in [3.05, 3.63) is 12.3 Å². The molecule has 0 aromatic carbocycles. The van der Waals surface area contributed by atoms with E-state index in [1.54, 1.807) is 0 Å². The van der Waals surface area contributed by atoms with E-state index in [0.717, 1.165) is 19.5 Å². The van der Waals surface area contributed by atoms with Crippen molar-refractivity contribution in [2.45, 2.75) is 6.42 Å². The maximum Gasteiger partial charge on any atom is 0.0153 e. The number of rotatable bonds is 5. The lowest BCUT2D eigenvalue weighted by atomic mass is 10.4. The fraction of sp³-hybridized carbons (Fsp3) is 0.667. The van der Waals surface area contributed by atoms with Crippen LogP contribution in [-0.4, -0.2) is 19.6 Å². The molecule has 0 aromatic heterocycles. The molecule has 0 aliphatic heterocycles. The van der Waals surface area contributed by atoms with Crippen LogP contribution in [0.4, 0.5) is 0 Å². The molecule has 0 aliphatic rings. The molecule has 54 valence electrons. The van der Waals surface area contributed by atoms with Gasteiger partial charge in [-0.2, -0.15) is 0 Å². The second-order valence-electron chi connectivity index (χ2n) is 1.73. The Morgan fingerprint density at radius 2 is 2.11 bits per heavy atom. The predicted molar refractivity (Wildman–Crippen MR) is 39.9 cm³/mol. The Balaban J connectivity index is 2.82. The summed E-state index contributed by atoms with van der Waals surface area (Å²) < 4.78 is 0. The molecule has 0 aromatic rings. The standard InChI is InChI=1S/C6H15N3/c7-3-1-5-9-6-2-4-8/h1,5,9H,2-4,6-8H2. The largest absolute Gasteiger partial charge is 0.391 e. The maximum atomic E-state index is 5.25. The second kappa shape index (κ2) is 7.46. The zero-order valence-corrected chi connectivity index (χ0v) is 5.64. The zero-order valence-electron chi connectivity index (χ0n) is 5.64. The molecule has 0 heterocycles. The molecule has 0 radical (unpaired) electrons. The average molecular weight is 129 g/mol. The Morgan fingerprint density at radius 3 is 2.67 bits per heavy atom. The number of hydrogen-bond donors (Lipinski definition) is 3. The van der Waals surface area contributed by atoms with Gasteiger partial charge in [0.15, 0.2) is 0 Å². The first-order valence-electron chi connectivity index (χ1n) is 3.20. The van der Waals surface area contributed by atoms with Crippen LogP contribution < -0.4 is 16.8 Å². The summed E-state index contributed by atoms with van der Waals surface area (Å²) >= 11 is 0. The van der Waals surface area contributed by atoms with E-state index in [1.807, 2.05) is 12.3 Å². The highest BCUT2D eigenvalue weighted by molar-refractivity contribution is 4.79. The Morgan fingerprint density at radius 1 is 1.33 bits per heavy atom. The maximum absolute atomic E-state index is 5.25. The highest BCUT2D eigenvalue weighted by Crippen LogP contribution is 1.69. The summed E-state index contributed by atoms with van der Waals surface area (Å²) in [5.41, 5.74) is 10.4. The zero-order chi connectivity index (χ0) is 6.95. The summed E-state index contributed by atoms with van der Waals surface area (Å²) in [5, 5.41) is 3.05. The summed E-state index contributed by atoms with van der Waals surface area (Å²) in [5.74, 6) is 0. The molecule has 0 rings (SSSR count). The summed E-state index contributed by atoms with van der Waals surface area (Å²) in [4.78, 5) is 0. The highest BCUT2D eigenvalue weighted by atomic mass is 14.8. The third kappa shape index (κ3) is 7.46. The van der Waals surface area contributed by atoms with Crippen molar-refractivity contribution in [1.29, 1.82) is 0 Å². The predicted octanol–water partition coefficient (Wildman–Crippen LogP) is -0.603. The van der Waals surface area contributed by atoms with Gasteiger partial charge >= 0.3 is 0 Å². The Hall–Kier alpha value is -0.540. The molecule has 0 spiro atoms. The van der Waals surface area contributed by atoms with Gasteiger partial charge in [0.1, 0.15) is 0 Å². The van der Waals surface area contributed by atoms with Crippen LogP contribution in [0.3, 0.4) is 0 Å². The van der Waals surface area contributed by atoms with Crippen LogP contribution >= 0.6 is 0 Å². The normalized spacial score (nSPS) is 10.4. The fourth-order valence-electron chi connectivity index (χ4n) is 0.439. The molecular weight excluding hydrogens is 114 g/mol. The summed E-state index contributed by atoms with van der Waals surface area (Å²) in [7, 11) is 0. The van der Waals surface area contributed by atoms with Crippen LogP contribution in [0.15, 0.2) is 12.3 Å². The van der Waals surface area contributed by atoms with Gasteiger partial charge in [-0.25, -0.2) is 0 Å². The lowest BCUT2D eigenvalue weighted by molar-refractivity contribution is 0.760.